The van der Waals surface area contributed by atoms with Gasteiger partial charge in [-0.3, -0.25) is 14.5 Å². The topological polar surface area (TPSA) is 165 Å². The number of nitrogens with zero attached hydrogens (tertiary/aromatic N) is 2. The number of carboxylic acid groups (broad SMARTS) is 2. The van der Waals surface area contributed by atoms with Crippen molar-refractivity contribution in [2.24, 2.45) is 17.6 Å². The van der Waals surface area contributed by atoms with E-state index >= 15 is 0 Å². The summed E-state index contributed by atoms with van der Waals surface area (Å²) in [5.74, 6) is -4.28. The van der Waals surface area contributed by atoms with Crippen LogP contribution in [0.1, 0.15) is 55.2 Å². The fraction of sp³-hybridized carbons (Fsp3) is 0.500. The van der Waals surface area contributed by atoms with Crippen molar-refractivity contribution in [3.05, 3.63) is 71.3 Å². The van der Waals surface area contributed by atoms with Gasteiger partial charge in [0, 0.05) is 31.1 Å². The average Bonchev–Trinajstić information content (AvgIpc) is 3.25. The number of benzene rings is 2. The lowest BCUT2D eigenvalue weighted by Crippen LogP contribution is -2.59. The third-order valence-corrected chi connectivity index (χ3v) is 9.21. The Bertz CT molecular complexity index is 1280. The largest absolute Gasteiger partial charge is 0.481 e. The highest BCUT2D eigenvalue weighted by Gasteiger charge is 2.66. The molecule has 3 aliphatic rings. The second-order valence-corrected chi connectivity index (χ2v) is 11.6. The zero-order chi connectivity index (χ0) is 28.7. The number of likely N-dealkylation sites (tertiary alicyclic amines) is 1. The zero-order valence-corrected chi connectivity index (χ0v) is 22.4. The van der Waals surface area contributed by atoms with Crippen LogP contribution in [-0.2, 0) is 32.1 Å². The van der Waals surface area contributed by atoms with Gasteiger partial charge in [0.05, 0.1) is 18.6 Å². The van der Waals surface area contributed by atoms with E-state index in [1.807, 2.05) is 18.2 Å². The van der Waals surface area contributed by atoms with Crippen LogP contribution in [0.2, 0.25) is 0 Å². The maximum Gasteiger partial charge on any atom is 0.341 e. The Morgan fingerprint density at radius 2 is 1.60 bits per heavy atom. The lowest BCUT2D eigenvalue weighted by molar-refractivity contribution is -0.169. The minimum absolute atomic E-state index is 0.0794. The van der Waals surface area contributed by atoms with Gasteiger partial charge in [-0.1, -0.05) is 67.4 Å². The molecule has 1 saturated heterocycles. The summed E-state index contributed by atoms with van der Waals surface area (Å²) in [6.45, 7) is 1.97. The van der Waals surface area contributed by atoms with Crippen molar-refractivity contribution in [3.8, 4) is 0 Å². The van der Waals surface area contributed by atoms with Crippen molar-refractivity contribution in [1.29, 1.82) is 0 Å². The number of piperidine rings is 1. The number of amides is 1. The number of hydrogen-bond donors (Lipinski definition) is 5. The van der Waals surface area contributed by atoms with Crippen molar-refractivity contribution in [2.45, 2.75) is 61.8 Å². The van der Waals surface area contributed by atoms with E-state index in [4.69, 9.17) is 5.73 Å². The highest BCUT2D eigenvalue weighted by molar-refractivity contribution is 5.91. The SMILES string of the molecule is NCN(C(=O)[C@@](O)(c1ccccc1C(O)(CC(=O)O)C(=O)O)C1CCCC1)C12C[C@H]1CN(Cc1ccccc1)C2. The second kappa shape index (κ2) is 10.6. The number of nitrogens with two attached hydrogens (primary N) is 1. The highest BCUT2D eigenvalue weighted by Crippen LogP contribution is 2.56. The smallest absolute Gasteiger partial charge is 0.341 e. The molecule has 10 heteroatoms. The third kappa shape index (κ3) is 4.68. The summed E-state index contributed by atoms with van der Waals surface area (Å²) in [6, 6.07) is 15.8. The molecule has 0 bridgehead atoms. The van der Waals surface area contributed by atoms with E-state index in [0.717, 1.165) is 37.9 Å². The first kappa shape index (κ1) is 28.2. The minimum atomic E-state index is -2.84. The number of carbonyl (C=O) groups excluding carboxylic acids is 1. The molecule has 214 valence electrons. The molecule has 2 saturated carbocycles. The Kier molecular flexibility index (Phi) is 7.47. The average molecular weight is 552 g/mol. The van der Waals surface area contributed by atoms with Crippen LogP contribution in [0.4, 0.5) is 0 Å². The Morgan fingerprint density at radius 1 is 0.975 bits per heavy atom. The molecule has 10 nitrogen and oxygen atoms in total. The van der Waals surface area contributed by atoms with Crippen molar-refractivity contribution < 1.29 is 34.8 Å². The standard InChI is InChI=1S/C30H37N3O7/c31-19-33(28-14-22(28)17-32(18-28)16-20-8-2-1-3-9-20)26(36)30(40,21-10-4-5-11-21)24-13-7-6-12-23(24)29(39,27(37)38)15-25(34)35/h1-3,6-9,12-13,21-22,39-40H,4-5,10-11,14-19,31H2,(H,34,35)(H,37,38)/t22-,28?,29?,30-/m0/s1. The molecule has 40 heavy (non-hydrogen) atoms. The maximum absolute atomic E-state index is 14.6. The molecule has 1 heterocycles. The summed E-state index contributed by atoms with van der Waals surface area (Å²) >= 11 is 0. The van der Waals surface area contributed by atoms with Crippen molar-refractivity contribution in [3.63, 3.8) is 0 Å². The van der Waals surface area contributed by atoms with Crippen LogP contribution in [-0.4, -0.2) is 73.4 Å². The predicted molar refractivity (Wildman–Crippen MR) is 145 cm³/mol. The van der Waals surface area contributed by atoms with Crippen LogP contribution < -0.4 is 5.73 Å². The Labute approximate surface area is 233 Å². The molecule has 2 aromatic carbocycles. The maximum atomic E-state index is 14.6. The van der Waals surface area contributed by atoms with Gasteiger partial charge in [0.15, 0.2) is 11.2 Å². The summed E-state index contributed by atoms with van der Waals surface area (Å²) in [7, 11) is 0. The van der Waals surface area contributed by atoms with Gasteiger partial charge in [-0.05, 0) is 36.3 Å². The number of aliphatic hydroxyl groups is 2. The summed E-state index contributed by atoms with van der Waals surface area (Å²) in [5.41, 5.74) is 1.42. The minimum Gasteiger partial charge on any atom is -0.481 e. The molecular weight excluding hydrogens is 514 g/mol. The van der Waals surface area contributed by atoms with Gasteiger partial charge in [0.25, 0.3) is 5.91 Å². The molecule has 0 spiro atoms. The molecule has 4 atom stereocenters. The molecule has 5 rings (SSSR count). The van der Waals surface area contributed by atoms with Crippen LogP contribution in [0.15, 0.2) is 54.6 Å². The van der Waals surface area contributed by atoms with Gasteiger partial charge in [-0.15, -0.1) is 0 Å². The molecule has 2 aliphatic carbocycles. The fourth-order valence-electron chi connectivity index (χ4n) is 7.14. The van der Waals surface area contributed by atoms with Crippen molar-refractivity contribution >= 4 is 17.8 Å². The molecule has 0 aromatic heterocycles. The second-order valence-electron chi connectivity index (χ2n) is 11.6. The number of rotatable bonds is 11. The lowest BCUT2D eigenvalue weighted by Gasteiger charge is -2.42. The number of aliphatic carboxylic acids is 2. The molecule has 0 radical (unpaired) electrons. The van der Waals surface area contributed by atoms with Crippen molar-refractivity contribution in [1.82, 2.24) is 9.80 Å². The molecular formula is C30H37N3O7. The number of hydrogen-bond acceptors (Lipinski definition) is 7. The van der Waals surface area contributed by atoms with Crippen LogP contribution in [0.5, 0.6) is 0 Å². The first-order valence-corrected chi connectivity index (χ1v) is 13.8. The highest BCUT2D eigenvalue weighted by atomic mass is 16.4. The van der Waals surface area contributed by atoms with Crippen LogP contribution in [0.25, 0.3) is 0 Å². The Hall–Kier alpha value is -3.31. The van der Waals surface area contributed by atoms with Gasteiger partial charge in [0.1, 0.15) is 0 Å². The first-order valence-electron chi connectivity index (χ1n) is 13.8. The molecule has 2 aromatic rings. The van der Waals surface area contributed by atoms with Gasteiger partial charge in [-0.25, -0.2) is 4.79 Å². The van der Waals surface area contributed by atoms with Gasteiger partial charge < -0.3 is 31.1 Å². The third-order valence-electron chi connectivity index (χ3n) is 9.21. The number of carboxylic acids is 2. The van der Waals surface area contributed by atoms with E-state index in [9.17, 15) is 34.8 Å². The molecule has 1 aliphatic heterocycles. The first-order chi connectivity index (χ1) is 19.1. The fourth-order valence-corrected chi connectivity index (χ4v) is 7.14. The van der Waals surface area contributed by atoms with E-state index in [1.165, 1.54) is 18.2 Å². The van der Waals surface area contributed by atoms with E-state index in [1.54, 1.807) is 11.0 Å². The van der Waals surface area contributed by atoms with E-state index in [2.05, 4.69) is 17.0 Å². The normalized spacial score (nSPS) is 25.5. The Morgan fingerprint density at radius 3 is 2.20 bits per heavy atom. The van der Waals surface area contributed by atoms with Crippen LogP contribution >= 0.6 is 0 Å². The van der Waals surface area contributed by atoms with E-state index in [-0.39, 0.29) is 23.7 Å². The van der Waals surface area contributed by atoms with Crippen LogP contribution in [0.3, 0.4) is 0 Å². The van der Waals surface area contributed by atoms with Crippen molar-refractivity contribution in [2.75, 3.05) is 19.8 Å². The summed E-state index contributed by atoms with van der Waals surface area (Å²) < 4.78 is 0. The number of fused-ring (bicyclic) bond motifs is 1. The summed E-state index contributed by atoms with van der Waals surface area (Å²) in [5, 5.41) is 43.1. The molecule has 1 amide bonds. The molecule has 2 unspecified atom stereocenters. The molecule has 3 fully saturated rings. The summed E-state index contributed by atoms with van der Waals surface area (Å²) in [4.78, 5) is 42.3. The monoisotopic (exact) mass is 551 g/mol. The Balaban J connectivity index is 1.53. The van der Waals surface area contributed by atoms with Gasteiger partial charge in [-0.2, -0.15) is 0 Å². The zero-order valence-electron chi connectivity index (χ0n) is 22.4. The van der Waals surface area contributed by atoms with Gasteiger partial charge in [0.2, 0.25) is 0 Å². The number of carbonyl (C=O) groups is 3. The lowest BCUT2D eigenvalue weighted by atomic mass is 9.73. The van der Waals surface area contributed by atoms with E-state index in [0.29, 0.717) is 19.4 Å². The molecule has 6 N–H and O–H groups in total. The van der Waals surface area contributed by atoms with Gasteiger partial charge >= 0.3 is 11.9 Å². The van der Waals surface area contributed by atoms with E-state index < -0.39 is 46.9 Å². The summed E-state index contributed by atoms with van der Waals surface area (Å²) in [6.07, 6.45) is 2.23. The predicted octanol–water partition coefficient (Wildman–Crippen LogP) is 1.83. The van der Waals surface area contributed by atoms with Crippen LogP contribution in [0, 0.1) is 11.8 Å². The quantitative estimate of drug-likeness (QED) is 0.262.